The molecule has 1 fully saturated rings. The first kappa shape index (κ1) is 11.9. The van der Waals surface area contributed by atoms with Crippen LogP contribution in [0.5, 0.6) is 0 Å². The van der Waals surface area contributed by atoms with E-state index in [-0.39, 0.29) is 5.69 Å². The van der Waals surface area contributed by atoms with Crippen LogP contribution in [-0.4, -0.2) is 41.3 Å². The second-order valence-corrected chi connectivity index (χ2v) is 4.28. The highest BCUT2D eigenvalue weighted by Gasteiger charge is 2.15. The molecule has 0 bridgehead atoms. The van der Waals surface area contributed by atoms with Crippen LogP contribution in [0.4, 0.5) is 5.69 Å². The van der Waals surface area contributed by atoms with Gasteiger partial charge in [0.1, 0.15) is 5.69 Å². The summed E-state index contributed by atoms with van der Waals surface area (Å²) in [5, 5.41) is 9.66. The Hall–Kier alpha value is -1.62. The third-order valence-corrected chi connectivity index (χ3v) is 2.98. The van der Waals surface area contributed by atoms with Crippen LogP contribution in [-0.2, 0) is 0 Å². The molecule has 0 saturated carbocycles. The Kier molecular flexibility index (Phi) is 3.58. The summed E-state index contributed by atoms with van der Waals surface area (Å²) in [6.45, 7) is 2.04. The summed E-state index contributed by atoms with van der Waals surface area (Å²) in [4.78, 5) is 17.8. The number of hydrogen-bond acceptors (Lipinski definition) is 4. The van der Waals surface area contributed by atoms with E-state index < -0.39 is 5.91 Å². The highest BCUT2D eigenvalue weighted by molar-refractivity contribution is 5.92. The molecule has 5 heteroatoms. The van der Waals surface area contributed by atoms with Crippen LogP contribution in [0.1, 0.15) is 29.8 Å². The van der Waals surface area contributed by atoms with Gasteiger partial charge in [0.25, 0.3) is 5.91 Å². The van der Waals surface area contributed by atoms with Crippen molar-refractivity contribution in [2.45, 2.75) is 19.3 Å². The molecule has 1 aliphatic rings. The lowest BCUT2D eigenvalue weighted by molar-refractivity contribution is -0.0379. The number of aromatic nitrogens is 1. The fourth-order valence-corrected chi connectivity index (χ4v) is 2.05. The Labute approximate surface area is 101 Å². The molecule has 1 N–H and O–H groups in total. The van der Waals surface area contributed by atoms with Gasteiger partial charge in [-0.3, -0.25) is 15.0 Å². The van der Waals surface area contributed by atoms with Gasteiger partial charge in [-0.25, -0.2) is 5.06 Å². The van der Waals surface area contributed by atoms with Gasteiger partial charge in [-0.1, -0.05) is 0 Å². The number of hydroxylamine groups is 2. The van der Waals surface area contributed by atoms with Crippen molar-refractivity contribution in [3.8, 4) is 0 Å². The molecule has 1 aliphatic heterocycles. The first-order valence-corrected chi connectivity index (χ1v) is 5.86. The van der Waals surface area contributed by atoms with E-state index in [0.717, 1.165) is 18.8 Å². The average molecular weight is 235 g/mol. The van der Waals surface area contributed by atoms with Gasteiger partial charge in [-0.2, -0.15) is 0 Å². The van der Waals surface area contributed by atoms with E-state index in [1.807, 2.05) is 6.07 Å². The Morgan fingerprint density at radius 3 is 2.76 bits per heavy atom. The molecular formula is C12H17N3O2. The minimum atomic E-state index is -0.483. The van der Waals surface area contributed by atoms with Gasteiger partial charge in [0.15, 0.2) is 0 Å². The lowest BCUT2D eigenvalue weighted by Crippen LogP contribution is -2.30. The van der Waals surface area contributed by atoms with Gasteiger partial charge in [-0.05, 0) is 31.4 Å². The fourth-order valence-electron chi connectivity index (χ4n) is 2.05. The van der Waals surface area contributed by atoms with Crippen molar-refractivity contribution in [2.75, 3.05) is 25.0 Å². The lowest BCUT2D eigenvalue weighted by Gasteiger charge is -2.28. The van der Waals surface area contributed by atoms with E-state index in [1.165, 1.54) is 26.3 Å². The van der Waals surface area contributed by atoms with Gasteiger partial charge in [-0.15, -0.1) is 0 Å². The molecule has 1 saturated heterocycles. The molecule has 5 nitrogen and oxygen atoms in total. The highest BCUT2D eigenvalue weighted by atomic mass is 16.5. The van der Waals surface area contributed by atoms with Gasteiger partial charge in [0.2, 0.25) is 0 Å². The third-order valence-electron chi connectivity index (χ3n) is 2.98. The normalized spacial score (nSPS) is 15.8. The molecule has 2 heterocycles. The molecule has 0 aliphatic carbocycles. The zero-order valence-corrected chi connectivity index (χ0v) is 9.96. The number of anilines is 1. The topological polar surface area (TPSA) is 56.7 Å². The van der Waals surface area contributed by atoms with E-state index in [0.29, 0.717) is 5.06 Å². The Morgan fingerprint density at radius 1 is 1.41 bits per heavy atom. The molecule has 1 aromatic rings. The van der Waals surface area contributed by atoms with Gasteiger partial charge >= 0.3 is 0 Å². The molecule has 0 radical (unpaired) electrons. The number of pyridine rings is 1. The molecule has 0 spiro atoms. The number of carbonyl (C=O) groups excluding carboxylic acids is 1. The lowest BCUT2D eigenvalue weighted by atomic mass is 10.1. The minimum Gasteiger partial charge on any atom is -0.371 e. The van der Waals surface area contributed by atoms with Crippen LogP contribution in [0.15, 0.2) is 18.3 Å². The quantitative estimate of drug-likeness (QED) is 0.624. The smallest absolute Gasteiger partial charge is 0.295 e. The number of carbonyl (C=O) groups is 1. The summed E-state index contributed by atoms with van der Waals surface area (Å²) in [5.41, 5.74) is 1.28. The summed E-state index contributed by atoms with van der Waals surface area (Å²) in [6.07, 6.45) is 5.25. The molecule has 0 aromatic carbocycles. The summed E-state index contributed by atoms with van der Waals surface area (Å²) >= 11 is 0. The van der Waals surface area contributed by atoms with Crippen LogP contribution < -0.4 is 4.90 Å². The van der Waals surface area contributed by atoms with Crippen molar-refractivity contribution in [1.82, 2.24) is 10.0 Å². The molecule has 92 valence electrons. The molecule has 17 heavy (non-hydrogen) atoms. The summed E-state index contributed by atoms with van der Waals surface area (Å²) in [6, 6.07) is 3.64. The number of nitrogens with zero attached hydrogens (tertiary/aromatic N) is 3. The van der Waals surface area contributed by atoms with E-state index >= 15 is 0 Å². The molecule has 0 atom stereocenters. The Bertz CT molecular complexity index is 400. The maximum absolute atomic E-state index is 11.6. The van der Waals surface area contributed by atoms with Crippen molar-refractivity contribution in [2.24, 2.45) is 0 Å². The van der Waals surface area contributed by atoms with Crippen LogP contribution in [0.3, 0.4) is 0 Å². The van der Waals surface area contributed by atoms with E-state index in [2.05, 4.69) is 9.88 Å². The highest BCUT2D eigenvalue weighted by Crippen LogP contribution is 2.20. The van der Waals surface area contributed by atoms with Crippen LogP contribution in [0, 0.1) is 0 Å². The summed E-state index contributed by atoms with van der Waals surface area (Å²) in [7, 11) is 1.30. The maximum atomic E-state index is 11.6. The SMILES string of the molecule is CN(O)C(=O)c1cc(N2CCCCC2)ccn1. The third kappa shape index (κ3) is 2.74. The zero-order chi connectivity index (χ0) is 12.3. The minimum absolute atomic E-state index is 0.276. The largest absolute Gasteiger partial charge is 0.371 e. The van der Waals surface area contributed by atoms with Gasteiger partial charge in [0.05, 0.1) is 0 Å². The predicted molar refractivity (Wildman–Crippen MR) is 64.2 cm³/mol. The Balaban J connectivity index is 2.18. The number of piperidine rings is 1. The second-order valence-electron chi connectivity index (χ2n) is 4.28. The summed E-state index contributed by atoms with van der Waals surface area (Å²) < 4.78 is 0. The molecular weight excluding hydrogens is 218 g/mol. The molecule has 2 rings (SSSR count). The van der Waals surface area contributed by atoms with Crippen LogP contribution >= 0.6 is 0 Å². The maximum Gasteiger partial charge on any atom is 0.295 e. The van der Waals surface area contributed by atoms with E-state index in [4.69, 9.17) is 5.21 Å². The van der Waals surface area contributed by atoms with Crippen molar-refractivity contribution in [3.05, 3.63) is 24.0 Å². The Morgan fingerprint density at radius 2 is 2.12 bits per heavy atom. The van der Waals surface area contributed by atoms with Crippen LogP contribution in [0.2, 0.25) is 0 Å². The molecule has 0 unspecified atom stereocenters. The zero-order valence-electron chi connectivity index (χ0n) is 9.96. The van der Waals surface area contributed by atoms with Crippen LogP contribution in [0.25, 0.3) is 0 Å². The van der Waals surface area contributed by atoms with Crippen molar-refractivity contribution < 1.29 is 10.0 Å². The summed E-state index contributed by atoms with van der Waals surface area (Å²) in [5.74, 6) is -0.483. The average Bonchev–Trinajstić information content (AvgIpc) is 2.39. The first-order valence-electron chi connectivity index (χ1n) is 5.86. The molecule has 1 amide bonds. The standard InChI is InChI=1S/C12H17N3O2/c1-14(17)12(16)11-9-10(5-6-13-11)15-7-3-2-4-8-15/h5-6,9,17H,2-4,7-8H2,1H3. The molecule has 1 aromatic heterocycles. The number of hydrogen-bond donors (Lipinski definition) is 1. The van der Waals surface area contributed by atoms with Crippen molar-refractivity contribution in [3.63, 3.8) is 0 Å². The number of rotatable bonds is 2. The van der Waals surface area contributed by atoms with Gasteiger partial charge in [0, 0.05) is 32.0 Å². The predicted octanol–water partition coefficient (Wildman–Crippen LogP) is 1.53. The monoisotopic (exact) mass is 235 g/mol. The fraction of sp³-hybridized carbons (Fsp3) is 0.500. The van der Waals surface area contributed by atoms with E-state index in [1.54, 1.807) is 12.3 Å². The second kappa shape index (κ2) is 5.14. The van der Waals surface area contributed by atoms with E-state index in [9.17, 15) is 4.79 Å². The number of amides is 1. The first-order chi connectivity index (χ1) is 8.18. The van der Waals surface area contributed by atoms with Crippen molar-refractivity contribution in [1.29, 1.82) is 0 Å². The van der Waals surface area contributed by atoms with Gasteiger partial charge < -0.3 is 4.90 Å². The van der Waals surface area contributed by atoms with Crippen molar-refractivity contribution >= 4 is 11.6 Å².